The Morgan fingerprint density at radius 3 is 2.81 bits per heavy atom. The highest BCUT2D eigenvalue weighted by atomic mass is 16.5. The van der Waals surface area contributed by atoms with Gasteiger partial charge in [0.05, 0.1) is 0 Å². The van der Waals surface area contributed by atoms with Crippen LogP contribution in [0.5, 0.6) is 0 Å². The molecule has 0 heterocycles. The van der Waals surface area contributed by atoms with Crippen LogP contribution < -0.4 is 0 Å². The number of terminal acetylenes is 1. The van der Waals surface area contributed by atoms with E-state index in [1.807, 2.05) is 0 Å². The van der Waals surface area contributed by atoms with Gasteiger partial charge in [0.2, 0.25) is 0 Å². The largest absolute Gasteiger partial charge is 0.454 e. The van der Waals surface area contributed by atoms with Crippen LogP contribution in [-0.4, -0.2) is 17.9 Å². The molecule has 3 heteroatoms. The third-order valence-corrected chi connectivity index (χ3v) is 8.25. The fourth-order valence-electron chi connectivity index (χ4n) is 7.21. The van der Waals surface area contributed by atoms with E-state index in [-0.39, 0.29) is 11.8 Å². The van der Waals surface area contributed by atoms with Gasteiger partial charge >= 0.3 is 5.97 Å². The summed E-state index contributed by atoms with van der Waals surface area (Å²) < 4.78 is 5.33. The summed E-state index contributed by atoms with van der Waals surface area (Å²) in [4.78, 5) is 23.7. The third-order valence-electron chi connectivity index (χ3n) is 8.25. The molecule has 0 radical (unpaired) electrons. The minimum atomic E-state index is -0.570. The van der Waals surface area contributed by atoms with E-state index in [9.17, 15) is 9.59 Å². The van der Waals surface area contributed by atoms with E-state index in [4.69, 9.17) is 11.2 Å². The molecule has 0 saturated heterocycles. The summed E-state index contributed by atoms with van der Waals surface area (Å²) >= 11 is 0. The topological polar surface area (TPSA) is 43.4 Å². The van der Waals surface area contributed by atoms with Crippen molar-refractivity contribution in [1.29, 1.82) is 0 Å². The monoisotopic (exact) mass is 354 g/mol. The smallest absolute Gasteiger partial charge is 0.303 e. The summed E-state index contributed by atoms with van der Waals surface area (Å²) in [6.45, 7) is 3.72. The Balaban J connectivity index is 1.60. The molecule has 3 nitrogen and oxygen atoms in total. The Morgan fingerprint density at radius 1 is 1.31 bits per heavy atom. The van der Waals surface area contributed by atoms with E-state index in [2.05, 4.69) is 12.8 Å². The number of carbonyl (C=O) groups excluding carboxylic acids is 2. The zero-order valence-electron chi connectivity index (χ0n) is 16.0. The first-order valence-corrected chi connectivity index (χ1v) is 10.4. The van der Waals surface area contributed by atoms with Gasteiger partial charge in [-0.15, -0.1) is 12.3 Å². The highest BCUT2D eigenvalue weighted by Crippen LogP contribution is 2.64. The molecule has 0 N–H and O–H groups in total. The lowest BCUT2D eigenvalue weighted by atomic mass is 9.50. The summed E-state index contributed by atoms with van der Waals surface area (Å²) in [5.41, 5.74) is 1.66. The quantitative estimate of drug-likeness (QED) is 0.548. The molecule has 0 aromatic rings. The van der Waals surface area contributed by atoms with Crippen LogP contribution in [0, 0.1) is 47.3 Å². The van der Waals surface area contributed by atoms with E-state index in [1.165, 1.54) is 51.0 Å². The molecule has 4 rings (SSSR count). The van der Waals surface area contributed by atoms with Crippen molar-refractivity contribution < 1.29 is 14.3 Å². The van der Waals surface area contributed by atoms with Crippen LogP contribution in [0.25, 0.3) is 0 Å². The van der Waals surface area contributed by atoms with Crippen LogP contribution in [0.15, 0.2) is 11.6 Å². The molecule has 0 aliphatic heterocycles. The van der Waals surface area contributed by atoms with Crippen molar-refractivity contribution in [2.75, 3.05) is 0 Å². The van der Waals surface area contributed by atoms with Crippen molar-refractivity contribution in [3.8, 4) is 12.3 Å². The lowest BCUT2D eigenvalue weighted by molar-refractivity contribution is -0.153. The second-order valence-corrected chi connectivity index (χ2v) is 8.96. The first-order chi connectivity index (χ1) is 12.5. The van der Waals surface area contributed by atoms with Crippen LogP contribution in [-0.2, 0) is 14.3 Å². The standard InChI is InChI=1S/C23H30O3/c1-4-16-7-9-20-18-8-6-15-12-21(25)22(26-14(3)24)13-19(15)17(18)10-11-23(16,20)5-2/h1,12,16-20,22H,5-11,13H2,2-3H3/t16-,17+,18-,19+,20+,22?,23?/m1/s1. The SMILES string of the molecule is C#C[C@@H]1CC[C@H]2[C@@H]3CCC4=CC(=O)C(OC(C)=O)C[C@@H]4[C@H]3CCC12CC. The van der Waals surface area contributed by atoms with E-state index in [1.54, 1.807) is 6.08 Å². The number of hydrogen-bond acceptors (Lipinski definition) is 3. The molecule has 2 unspecified atom stereocenters. The summed E-state index contributed by atoms with van der Waals surface area (Å²) in [7, 11) is 0. The van der Waals surface area contributed by atoms with Gasteiger partial charge < -0.3 is 4.74 Å². The van der Waals surface area contributed by atoms with Gasteiger partial charge in [-0.05, 0) is 86.5 Å². The van der Waals surface area contributed by atoms with Crippen molar-refractivity contribution in [1.82, 2.24) is 0 Å². The fourth-order valence-corrected chi connectivity index (χ4v) is 7.21. The van der Waals surface area contributed by atoms with Gasteiger partial charge in [0, 0.05) is 12.8 Å². The van der Waals surface area contributed by atoms with Gasteiger partial charge in [-0.2, -0.15) is 0 Å². The van der Waals surface area contributed by atoms with Gasteiger partial charge in [-0.25, -0.2) is 0 Å². The molecule has 4 aliphatic carbocycles. The van der Waals surface area contributed by atoms with E-state index in [0.29, 0.717) is 29.6 Å². The van der Waals surface area contributed by atoms with Crippen molar-refractivity contribution in [2.45, 2.75) is 71.3 Å². The van der Waals surface area contributed by atoms with Crippen molar-refractivity contribution in [3.05, 3.63) is 11.6 Å². The molecule has 3 fully saturated rings. The first-order valence-electron chi connectivity index (χ1n) is 10.4. The molecule has 7 atom stereocenters. The first kappa shape index (κ1) is 17.8. The minimum Gasteiger partial charge on any atom is -0.454 e. The van der Waals surface area contributed by atoms with Crippen molar-refractivity contribution in [2.24, 2.45) is 35.0 Å². The molecule has 4 aliphatic rings. The molecule has 0 aromatic heterocycles. The number of carbonyl (C=O) groups is 2. The highest BCUT2D eigenvalue weighted by Gasteiger charge is 2.57. The zero-order chi connectivity index (χ0) is 18.5. The van der Waals surface area contributed by atoms with E-state index in [0.717, 1.165) is 18.3 Å². The fraction of sp³-hybridized carbons (Fsp3) is 0.739. The van der Waals surface area contributed by atoms with Crippen LogP contribution in [0.4, 0.5) is 0 Å². The summed E-state index contributed by atoms with van der Waals surface area (Å²) in [6.07, 6.45) is 16.1. The normalized spacial score (nSPS) is 44.2. The average Bonchev–Trinajstić information content (AvgIpc) is 3.01. The van der Waals surface area contributed by atoms with Gasteiger partial charge in [0.15, 0.2) is 11.9 Å². The Bertz CT molecular complexity index is 684. The van der Waals surface area contributed by atoms with Gasteiger partial charge in [-0.3, -0.25) is 9.59 Å². The molecule has 140 valence electrons. The Hall–Kier alpha value is -1.56. The van der Waals surface area contributed by atoms with Gasteiger partial charge in [0.1, 0.15) is 0 Å². The van der Waals surface area contributed by atoms with Crippen LogP contribution in [0.2, 0.25) is 0 Å². The molecule has 0 aromatic carbocycles. The van der Waals surface area contributed by atoms with Gasteiger partial charge in [0.25, 0.3) is 0 Å². The average molecular weight is 354 g/mol. The molecule has 0 bridgehead atoms. The third kappa shape index (κ3) is 2.56. The maximum atomic E-state index is 12.3. The number of ketones is 1. The number of rotatable bonds is 2. The highest BCUT2D eigenvalue weighted by molar-refractivity contribution is 5.96. The Morgan fingerprint density at radius 2 is 2.12 bits per heavy atom. The van der Waals surface area contributed by atoms with Crippen LogP contribution >= 0.6 is 0 Å². The Kier molecular flexibility index (Phi) is 4.49. The molecule has 0 amide bonds. The summed E-state index contributed by atoms with van der Waals surface area (Å²) in [6, 6.07) is 0. The van der Waals surface area contributed by atoms with E-state index >= 15 is 0 Å². The molecule has 26 heavy (non-hydrogen) atoms. The number of esters is 1. The molecule has 0 spiro atoms. The second-order valence-electron chi connectivity index (χ2n) is 8.96. The number of ether oxygens (including phenoxy) is 1. The van der Waals surface area contributed by atoms with Crippen molar-refractivity contribution >= 4 is 11.8 Å². The second kappa shape index (κ2) is 6.55. The number of allylic oxidation sites excluding steroid dienone is 1. The lowest BCUT2D eigenvalue weighted by Crippen LogP contribution is -2.48. The van der Waals surface area contributed by atoms with Crippen molar-refractivity contribution in [3.63, 3.8) is 0 Å². The maximum Gasteiger partial charge on any atom is 0.303 e. The summed E-state index contributed by atoms with van der Waals surface area (Å²) in [5, 5.41) is 0. The number of fused-ring (bicyclic) bond motifs is 5. The predicted octanol–water partition coefficient (Wildman–Crippen LogP) is 4.31. The Labute approximate surface area is 156 Å². The zero-order valence-corrected chi connectivity index (χ0v) is 16.0. The minimum absolute atomic E-state index is 0.0168. The van der Waals surface area contributed by atoms with Crippen LogP contribution in [0.1, 0.15) is 65.2 Å². The van der Waals surface area contributed by atoms with E-state index < -0.39 is 6.10 Å². The molecular formula is C23H30O3. The van der Waals surface area contributed by atoms with Crippen LogP contribution in [0.3, 0.4) is 0 Å². The summed E-state index contributed by atoms with van der Waals surface area (Å²) in [5.74, 6) is 5.69. The predicted molar refractivity (Wildman–Crippen MR) is 100.0 cm³/mol. The maximum absolute atomic E-state index is 12.3. The molecular weight excluding hydrogens is 324 g/mol. The number of hydrogen-bond donors (Lipinski definition) is 0. The van der Waals surface area contributed by atoms with Gasteiger partial charge in [-0.1, -0.05) is 12.5 Å². The lowest BCUT2D eigenvalue weighted by Gasteiger charge is -2.54. The molecule has 3 saturated carbocycles.